The van der Waals surface area contributed by atoms with Crippen LogP contribution in [0.2, 0.25) is 0 Å². The SMILES string of the molecule is CCN1/C(=C/C(=C/c2sc3ccccc3[n+]2CC)c2ccccc2)Sc2ccccc21. The van der Waals surface area contributed by atoms with Gasteiger partial charge in [-0.3, -0.25) is 0 Å². The molecule has 1 aliphatic heterocycles. The summed E-state index contributed by atoms with van der Waals surface area (Å²) >= 11 is 3.72. The van der Waals surface area contributed by atoms with Crippen LogP contribution in [0.1, 0.15) is 24.4 Å². The van der Waals surface area contributed by atoms with Gasteiger partial charge in [-0.1, -0.05) is 77.7 Å². The highest BCUT2D eigenvalue weighted by molar-refractivity contribution is 8.03. The maximum absolute atomic E-state index is 2.41. The number of aryl methyl sites for hydroxylation is 1. The van der Waals surface area contributed by atoms with Crippen LogP contribution in [-0.2, 0) is 6.54 Å². The van der Waals surface area contributed by atoms with Crippen LogP contribution in [0, 0.1) is 0 Å². The van der Waals surface area contributed by atoms with E-state index in [2.05, 4.69) is 114 Å². The van der Waals surface area contributed by atoms with Crippen molar-refractivity contribution in [2.45, 2.75) is 25.3 Å². The summed E-state index contributed by atoms with van der Waals surface area (Å²) in [5.41, 5.74) is 5.09. The summed E-state index contributed by atoms with van der Waals surface area (Å²) in [7, 11) is 0. The fourth-order valence-electron chi connectivity index (χ4n) is 4.08. The Morgan fingerprint density at radius 2 is 1.65 bits per heavy atom. The fraction of sp³-hybridized carbons (Fsp3) is 0.148. The number of nitrogens with zero attached hydrogens (tertiary/aromatic N) is 2. The van der Waals surface area contributed by atoms with Crippen LogP contribution in [-0.4, -0.2) is 6.54 Å². The summed E-state index contributed by atoms with van der Waals surface area (Å²) in [6.07, 6.45) is 4.71. The Labute approximate surface area is 192 Å². The quantitative estimate of drug-likeness (QED) is 0.302. The van der Waals surface area contributed by atoms with Crippen molar-refractivity contribution in [1.82, 2.24) is 0 Å². The first-order chi connectivity index (χ1) is 15.3. The molecule has 5 rings (SSSR count). The summed E-state index contributed by atoms with van der Waals surface area (Å²) in [4.78, 5) is 3.74. The molecule has 1 aromatic heterocycles. The number of benzene rings is 3. The van der Waals surface area contributed by atoms with Crippen molar-refractivity contribution < 1.29 is 4.57 Å². The molecule has 0 saturated carbocycles. The molecule has 154 valence electrons. The van der Waals surface area contributed by atoms with Crippen molar-refractivity contribution in [3.63, 3.8) is 0 Å². The zero-order valence-corrected chi connectivity index (χ0v) is 19.4. The molecule has 0 bridgehead atoms. The van der Waals surface area contributed by atoms with Gasteiger partial charge in [-0.15, -0.1) is 0 Å². The predicted molar refractivity (Wildman–Crippen MR) is 135 cm³/mol. The van der Waals surface area contributed by atoms with E-state index in [0.29, 0.717) is 0 Å². The maximum atomic E-state index is 2.41. The van der Waals surface area contributed by atoms with Gasteiger partial charge < -0.3 is 4.90 Å². The summed E-state index contributed by atoms with van der Waals surface area (Å²) in [5, 5.41) is 2.56. The topological polar surface area (TPSA) is 7.12 Å². The molecule has 4 aromatic rings. The largest absolute Gasteiger partial charge is 0.335 e. The molecule has 0 atom stereocenters. The van der Waals surface area contributed by atoms with Gasteiger partial charge in [-0.05, 0) is 49.3 Å². The van der Waals surface area contributed by atoms with E-state index in [4.69, 9.17) is 0 Å². The van der Waals surface area contributed by atoms with Crippen LogP contribution in [0.5, 0.6) is 0 Å². The average molecular weight is 442 g/mol. The van der Waals surface area contributed by atoms with Gasteiger partial charge in [-0.25, -0.2) is 0 Å². The number of rotatable bonds is 5. The first-order valence-corrected chi connectivity index (χ1v) is 12.4. The molecular weight excluding hydrogens is 416 g/mol. The van der Waals surface area contributed by atoms with Crippen LogP contribution in [0.3, 0.4) is 0 Å². The van der Waals surface area contributed by atoms with E-state index < -0.39 is 0 Å². The van der Waals surface area contributed by atoms with Gasteiger partial charge in [-0.2, -0.15) is 4.57 Å². The van der Waals surface area contributed by atoms with Crippen molar-refractivity contribution in [1.29, 1.82) is 0 Å². The molecule has 0 radical (unpaired) electrons. The van der Waals surface area contributed by atoms with Crippen LogP contribution < -0.4 is 9.47 Å². The molecule has 0 N–H and O–H groups in total. The Bertz CT molecular complexity index is 1290. The Hall–Kier alpha value is -2.82. The minimum Gasteiger partial charge on any atom is -0.335 e. The average Bonchev–Trinajstić information content (AvgIpc) is 3.35. The number of aromatic nitrogens is 1. The summed E-state index contributed by atoms with van der Waals surface area (Å²) in [6, 6.07) is 28.1. The molecule has 3 aromatic carbocycles. The summed E-state index contributed by atoms with van der Waals surface area (Å²) in [5.74, 6) is 0. The van der Waals surface area contributed by atoms with E-state index in [9.17, 15) is 0 Å². The standard InChI is InChI=1S/C27H25N2S2/c1-3-28-22-14-8-10-16-24(22)30-26(28)18-21(20-12-6-5-7-13-20)19-27-29(4-2)23-15-9-11-17-25(23)31-27/h5-19H,3-4H2,1-2H3/q+1. The Balaban J connectivity index is 1.66. The van der Waals surface area contributed by atoms with Crippen molar-refractivity contribution >= 4 is 50.7 Å². The summed E-state index contributed by atoms with van der Waals surface area (Å²) in [6.45, 7) is 6.35. The van der Waals surface area contributed by atoms with E-state index >= 15 is 0 Å². The van der Waals surface area contributed by atoms with Crippen molar-refractivity contribution in [3.05, 3.63) is 101 Å². The predicted octanol–water partition coefficient (Wildman–Crippen LogP) is 7.22. The number of fused-ring (bicyclic) bond motifs is 2. The van der Waals surface area contributed by atoms with Gasteiger partial charge in [0.2, 0.25) is 5.52 Å². The second-order valence-electron chi connectivity index (χ2n) is 7.41. The van der Waals surface area contributed by atoms with E-state index in [-0.39, 0.29) is 0 Å². The Morgan fingerprint density at radius 1 is 0.903 bits per heavy atom. The van der Waals surface area contributed by atoms with Crippen LogP contribution in [0.15, 0.2) is 94.9 Å². The first-order valence-electron chi connectivity index (χ1n) is 10.7. The Morgan fingerprint density at radius 3 is 2.45 bits per heavy atom. The molecule has 0 aliphatic carbocycles. The second kappa shape index (κ2) is 8.74. The molecular formula is C27H25N2S2+. The zero-order valence-electron chi connectivity index (χ0n) is 17.8. The smallest absolute Gasteiger partial charge is 0.263 e. The number of thioether (sulfide) groups is 1. The summed E-state index contributed by atoms with van der Waals surface area (Å²) < 4.78 is 3.74. The van der Waals surface area contributed by atoms with Crippen molar-refractivity contribution in [2.24, 2.45) is 0 Å². The molecule has 0 amide bonds. The lowest BCUT2D eigenvalue weighted by molar-refractivity contribution is -0.665. The van der Waals surface area contributed by atoms with Gasteiger partial charge in [0.05, 0.1) is 10.7 Å². The first kappa shape index (κ1) is 20.1. The van der Waals surface area contributed by atoms with Crippen LogP contribution in [0.25, 0.3) is 21.9 Å². The number of hydrogen-bond donors (Lipinski definition) is 0. The minimum atomic E-state index is 0.954. The lowest BCUT2D eigenvalue weighted by atomic mass is 10.1. The van der Waals surface area contributed by atoms with Crippen LogP contribution in [0.4, 0.5) is 5.69 Å². The molecule has 0 fully saturated rings. The number of hydrogen-bond acceptors (Lipinski definition) is 3. The third-order valence-corrected chi connectivity index (χ3v) is 7.80. The zero-order chi connectivity index (χ0) is 21.2. The number of thiazole rings is 1. The van der Waals surface area contributed by atoms with E-state index in [1.54, 1.807) is 0 Å². The lowest BCUT2D eigenvalue weighted by Crippen LogP contribution is -2.33. The van der Waals surface area contributed by atoms with Crippen LogP contribution >= 0.6 is 23.1 Å². The lowest BCUT2D eigenvalue weighted by Gasteiger charge is -2.18. The van der Waals surface area contributed by atoms with E-state index in [0.717, 1.165) is 13.1 Å². The molecule has 4 heteroatoms. The molecule has 2 heterocycles. The van der Waals surface area contributed by atoms with Gasteiger partial charge in [0, 0.05) is 23.6 Å². The third kappa shape index (κ3) is 3.82. The normalized spacial score (nSPS) is 15.1. The molecule has 0 saturated heterocycles. The van der Waals surface area contributed by atoms with Gasteiger partial charge in [0.15, 0.2) is 0 Å². The van der Waals surface area contributed by atoms with Gasteiger partial charge in [0.25, 0.3) is 5.01 Å². The molecule has 2 nitrogen and oxygen atoms in total. The maximum Gasteiger partial charge on any atom is 0.263 e. The third-order valence-electron chi connectivity index (χ3n) is 5.57. The van der Waals surface area contributed by atoms with Crippen molar-refractivity contribution in [2.75, 3.05) is 11.4 Å². The molecule has 0 spiro atoms. The Kier molecular flexibility index (Phi) is 5.66. The minimum absolute atomic E-state index is 0.954. The van der Waals surface area contributed by atoms with Crippen molar-refractivity contribution in [3.8, 4) is 0 Å². The molecule has 0 unspecified atom stereocenters. The van der Waals surface area contributed by atoms with Gasteiger partial charge >= 0.3 is 0 Å². The number of anilines is 1. The highest BCUT2D eigenvalue weighted by Gasteiger charge is 2.24. The van der Waals surface area contributed by atoms with Gasteiger partial charge in [0.1, 0.15) is 11.2 Å². The fourth-order valence-corrected chi connectivity index (χ4v) is 6.43. The highest BCUT2D eigenvalue weighted by atomic mass is 32.2. The van der Waals surface area contributed by atoms with E-state index in [1.165, 1.54) is 42.0 Å². The molecule has 1 aliphatic rings. The number of para-hydroxylation sites is 2. The van der Waals surface area contributed by atoms with E-state index in [1.807, 2.05) is 23.1 Å². The number of allylic oxidation sites excluding steroid dienone is 2. The second-order valence-corrected chi connectivity index (χ2v) is 9.54. The monoisotopic (exact) mass is 441 g/mol. The highest BCUT2D eigenvalue weighted by Crippen LogP contribution is 2.46. The molecule has 31 heavy (non-hydrogen) atoms.